The number of rotatable bonds is 6. The van der Waals surface area contributed by atoms with Gasteiger partial charge < -0.3 is 15.7 Å². The molecular weight excluding hydrogens is 296 g/mol. The maximum Gasteiger partial charge on any atom is 0.319 e. The molecule has 0 aliphatic heterocycles. The van der Waals surface area contributed by atoms with Gasteiger partial charge in [-0.25, -0.2) is 13.2 Å². The normalized spacial score (nSPS) is 12.5. The zero-order chi connectivity index (χ0) is 16.0. The summed E-state index contributed by atoms with van der Waals surface area (Å²) in [6, 6.07) is 5.29. The lowest BCUT2D eigenvalue weighted by molar-refractivity contribution is -0.141. The number of carboxylic acids is 1. The van der Waals surface area contributed by atoms with E-state index in [0.717, 1.165) is 6.26 Å². The van der Waals surface area contributed by atoms with Crippen molar-refractivity contribution in [3.8, 4) is 0 Å². The third kappa shape index (κ3) is 5.82. The van der Waals surface area contributed by atoms with Crippen LogP contribution in [0.2, 0.25) is 0 Å². The third-order valence-corrected chi connectivity index (χ3v) is 3.95. The standard InChI is InChI=1S/C13H18N2O5S/c1-9(12(16)17)7-8-14-13(18)15-10-3-5-11(6-4-10)21(2,19)20/h3-6,9H,7-8H2,1-2H3,(H,16,17)(H2,14,15,18). The third-order valence-electron chi connectivity index (χ3n) is 2.82. The van der Waals surface area contributed by atoms with Crippen LogP contribution in [0.25, 0.3) is 0 Å². The number of hydrogen-bond donors (Lipinski definition) is 3. The number of anilines is 1. The smallest absolute Gasteiger partial charge is 0.319 e. The summed E-state index contributed by atoms with van der Waals surface area (Å²) in [4.78, 5) is 22.3. The van der Waals surface area contributed by atoms with Gasteiger partial charge in [0, 0.05) is 18.5 Å². The first-order valence-corrected chi connectivity index (χ1v) is 8.17. The molecule has 1 rings (SSSR count). The zero-order valence-corrected chi connectivity index (χ0v) is 12.6. The van der Waals surface area contributed by atoms with E-state index >= 15 is 0 Å². The first-order chi connectivity index (χ1) is 9.70. The van der Waals surface area contributed by atoms with Crippen LogP contribution in [0.1, 0.15) is 13.3 Å². The quantitative estimate of drug-likeness (QED) is 0.733. The van der Waals surface area contributed by atoms with Gasteiger partial charge in [0.1, 0.15) is 0 Å². The van der Waals surface area contributed by atoms with Gasteiger partial charge in [-0.1, -0.05) is 6.92 Å². The van der Waals surface area contributed by atoms with E-state index in [4.69, 9.17) is 5.11 Å². The second-order valence-corrected chi connectivity index (χ2v) is 6.72. The molecule has 7 nitrogen and oxygen atoms in total. The minimum Gasteiger partial charge on any atom is -0.481 e. The largest absolute Gasteiger partial charge is 0.481 e. The number of hydrogen-bond acceptors (Lipinski definition) is 4. The van der Waals surface area contributed by atoms with Gasteiger partial charge >= 0.3 is 12.0 Å². The van der Waals surface area contributed by atoms with Crippen LogP contribution in [-0.2, 0) is 14.6 Å². The van der Waals surface area contributed by atoms with Crippen LogP contribution in [-0.4, -0.2) is 38.3 Å². The molecule has 0 aromatic heterocycles. The minimum atomic E-state index is -3.26. The molecule has 0 aliphatic carbocycles. The Morgan fingerprint density at radius 3 is 2.29 bits per heavy atom. The molecule has 1 aromatic rings. The minimum absolute atomic E-state index is 0.170. The Morgan fingerprint density at radius 2 is 1.81 bits per heavy atom. The lowest BCUT2D eigenvalue weighted by Crippen LogP contribution is -2.31. The summed E-state index contributed by atoms with van der Waals surface area (Å²) in [6.45, 7) is 1.80. The fraction of sp³-hybridized carbons (Fsp3) is 0.385. The zero-order valence-electron chi connectivity index (χ0n) is 11.8. The summed E-state index contributed by atoms with van der Waals surface area (Å²) < 4.78 is 22.6. The topological polar surface area (TPSA) is 113 Å². The van der Waals surface area contributed by atoms with Gasteiger partial charge in [0.2, 0.25) is 0 Å². The maximum absolute atomic E-state index is 11.6. The van der Waals surface area contributed by atoms with Crippen molar-refractivity contribution in [1.29, 1.82) is 0 Å². The summed E-state index contributed by atoms with van der Waals surface area (Å²) in [6.07, 6.45) is 1.43. The number of carboxylic acid groups (broad SMARTS) is 1. The number of nitrogens with one attached hydrogen (secondary N) is 2. The highest BCUT2D eigenvalue weighted by Crippen LogP contribution is 2.13. The first kappa shape index (κ1) is 17.0. The van der Waals surface area contributed by atoms with Crippen molar-refractivity contribution < 1.29 is 23.1 Å². The van der Waals surface area contributed by atoms with Crippen LogP contribution in [0.3, 0.4) is 0 Å². The average molecular weight is 314 g/mol. The fourth-order valence-corrected chi connectivity index (χ4v) is 2.12. The lowest BCUT2D eigenvalue weighted by atomic mass is 10.1. The van der Waals surface area contributed by atoms with Gasteiger partial charge in [0.15, 0.2) is 9.84 Å². The van der Waals surface area contributed by atoms with E-state index in [1.165, 1.54) is 24.3 Å². The average Bonchev–Trinajstić information content (AvgIpc) is 2.38. The van der Waals surface area contributed by atoms with Crippen LogP contribution in [0.15, 0.2) is 29.2 Å². The second-order valence-electron chi connectivity index (χ2n) is 4.71. The number of aliphatic carboxylic acids is 1. The van der Waals surface area contributed by atoms with Crippen LogP contribution in [0, 0.1) is 5.92 Å². The molecule has 1 unspecified atom stereocenters. The van der Waals surface area contributed by atoms with Crippen molar-refractivity contribution >= 4 is 27.5 Å². The number of carbonyl (C=O) groups is 2. The monoisotopic (exact) mass is 314 g/mol. The summed E-state index contributed by atoms with van der Waals surface area (Å²) >= 11 is 0. The highest BCUT2D eigenvalue weighted by molar-refractivity contribution is 7.90. The molecule has 0 heterocycles. The van der Waals surface area contributed by atoms with E-state index in [1.807, 2.05) is 0 Å². The second kappa shape index (κ2) is 7.07. The van der Waals surface area contributed by atoms with Gasteiger partial charge in [-0.15, -0.1) is 0 Å². The molecule has 0 saturated heterocycles. The molecule has 0 aliphatic rings. The van der Waals surface area contributed by atoms with Crippen LogP contribution in [0.4, 0.5) is 10.5 Å². The molecule has 0 radical (unpaired) electrons. The van der Waals surface area contributed by atoms with E-state index in [1.54, 1.807) is 6.92 Å². The van der Waals surface area contributed by atoms with Gasteiger partial charge in [0.05, 0.1) is 10.8 Å². The van der Waals surface area contributed by atoms with Crippen molar-refractivity contribution in [3.63, 3.8) is 0 Å². The van der Waals surface area contributed by atoms with Crippen LogP contribution in [0.5, 0.6) is 0 Å². The summed E-state index contributed by atoms with van der Waals surface area (Å²) in [7, 11) is -3.26. The molecule has 116 valence electrons. The number of amides is 2. The van der Waals surface area contributed by atoms with Gasteiger partial charge in [-0.2, -0.15) is 0 Å². The van der Waals surface area contributed by atoms with E-state index in [9.17, 15) is 18.0 Å². The molecule has 1 aromatic carbocycles. The van der Waals surface area contributed by atoms with Crippen LogP contribution < -0.4 is 10.6 Å². The number of benzene rings is 1. The number of urea groups is 1. The predicted octanol–water partition coefficient (Wildman–Crippen LogP) is 1.32. The molecule has 2 amide bonds. The predicted molar refractivity (Wildman–Crippen MR) is 78.0 cm³/mol. The van der Waals surface area contributed by atoms with Crippen LogP contribution >= 0.6 is 0 Å². The Kier molecular flexibility index (Phi) is 5.71. The Labute approximate surface area is 123 Å². The lowest BCUT2D eigenvalue weighted by Gasteiger charge is -2.09. The number of carbonyl (C=O) groups excluding carboxylic acids is 1. The molecule has 8 heteroatoms. The molecule has 0 fully saturated rings. The van der Waals surface area contributed by atoms with E-state index in [2.05, 4.69) is 10.6 Å². The number of sulfone groups is 1. The SMILES string of the molecule is CC(CCNC(=O)Nc1ccc(S(C)(=O)=O)cc1)C(=O)O. The highest BCUT2D eigenvalue weighted by Gasteiger charge is 2.11. The first-order valence-electron chi connectivity index (χ1n) is 6.28. The van der Waals surface area contributed by atoms with Crippen molar-refractivity contribution in [1.82, 2.24) is 5.32 Å². The van der Waals surface area contributed by atoms with E-state index in [-0.39, 0.29) is 11.4 Å². The van der Waals surface area contributed by atoms with Gasteiger partial charge in [-0.05, 0) is 30.7 Å². The van der Waals surface area contributed by atoms with Crippen molar-refractivity contribution in [2.75, 3.05) is 18.1 Å². The highest BCUT2D eigenvalue weighted by atomic mass is 32.2. The van der Waals surface area contributed by atoms with Gasteiger partial charge in [-0.3, -0.25) is 4.79 Å². The van der Waals surface area contributed by atoms with Crippen molar-refractivity contribution in [2.45, 2.75) is 18.2 Å². The van der Waals surface area contributed by atoms with Crippen molar-refractivity contribution in [2.24, 2.45) is 5.92 Å². The Hall–Kier alpha value is -2.09. The van der Waals surface area contributed by atoms with Crippen molar-refractivity contribution in [3.05, 3.63) is 24.3 Å². The summed E-state index contributed by atoms with van der Waals surface area (Å²) in [5.74, 6) is -1.44. The fourth-order valence-electron chi connectivity index (χ4n) is 1.49. The molecule has 21 heavy (non-hydrogen) atoms. The molecule has 3 N–H and O–H groups in total. The summed E-state index contributed by atoms with van der Waals surface area (Å²) in [5.41, 5.74) is 0.450. The molecule has 0 spiro atoms. The Morgan fingerprint density at radius 1 is 1.24 bits per heavy atom. The summed E-state index contributed by atoms with van der Waals surface area (Å²) in [5, 5.41) is 13.8. The van der Waals surface area contributed by atoms with Gasteiger partial charge in [0.25, 0.3) is 0 Å². The Balaban J connectivity index is 2.47. The van der Waals surface area contributed by atoms with E-state index in [0.29, 0.717) is 12.1 Å². The maximum atomic E-state index is 11.6. The molecule has 1 atom stereocenters. The van der Waals surface area contributed by atoms with E-state index < -0.39 is 27.8 Å². The molecular formula is C13H18N2O5S. The Bertz CT molecular complexity index is 610. The molecule has 0 bridgehead atoms. The molecule has 0 saturated carbocycles.